The molecule has 1 aliphatic heterocycles. The smallest absolute Gasteiger partial charge is 0.256 e. The van der Waals surface area contributed by atoms with Crippen molar-refractivity contribution in [2.24, 2.45) is 0 Å². The van der Waals surface area contributed by atoms with Crippen LogP contribution in [0.15, 0.2) is 54.7 Å². The van der Waals surface area contributed by atoms with Gasteiger partial charge in [-0.3, -0.25) is 9.78 Å². The maximum Gasteiger partial charge on any atom is 0.256 e. The number of rotatable bonds is 3. The third kappa shape index (κ3) is 3.23. The van der Waals surface area contributed by atoms with E-state index in [4.69, 9.17) is 16.3 Å². The second kappa shape index (κ2) is 7.32. The number of ether oxygens (including phenoxy) is 1. The number of hydrogen-bond acceptors (Lipinski definition) is 4. The number of amides is 1. The Kier molecular flexibility index (Phi) is 4.73. The normalized spacial score (nSPS) is 14.4. The van der Waals surface area contributed by atoms with Crippen molar-refractivity contribution in [2.75, 3.05) is 36.5 Å². The van der Waals surface area contributed by atoms with Crippen LogP contribution in [0.4, 0.5) is 11.4 Å². The zero-order chi connectivity index (χ0) is 17.9. The number of morpholine rings is 1. The van der Waals surface area contributed by atoms with Crippen molar-refractivity contribution >= 4 is 39.8 Å². The number of carbonyl (C=O) groups excluding carboxylic acids is 1. The molecule has 1 saturated heterocycles. The van der Waals surface area contributed by atoms with Gasteiger partial charge in [0.05, 0.1) is 40.7 Å². The average molecular weight is 368 g/mol. The fraction of sp³-hybridized carbons (Fsp3) is 0.200. The zero-order valence-electron chi connectivity index (χ0n) is 14.1. The van der Waals surface area contributed by atoms with Crippen LogP contribution in [0.25, 0.3) is 10.9 Å². The highest BCUT2D eigenvalue weighted by molar-refractivity contribution is 6.34. The molecular formula is C20H18ClN3O2. The van der Waals surface area contributed by atoms with E-state index >= 15 is 0 Å². The lowest BCUT2D eigenvalue weighted by atomic mass is 10.1. The molecule has 3 aromatic rings. The van der Waals surface area contributed by atoms with Gasteiger partial charge in [0.15, 0.2) is 0 Å². The van der Waals surface area contributed by atoms with Crippen LogP contribution in [0.3, 0.4) is 0 Å². The van der Waals surface area contributed by atoms with E-state index in [1.807, 2.05) is 42.5 Å². The molecule has 2 heterocycles. The van der Waals surface area contributed by atoms with Gasteiger partial charge in [0.1, 0.15) is 0 Å². The SMILES string of the molecule is O=C(Nc1cccc(Cl)c1N1CCOCC1)c1ccnc2ccccc12. The molecule has 0 bridgehead atoms. The van der Waals surface area contributed by atoms with E-state index in [0.717, 1.165) is 29.7 Å². The lowest BCUT2D eigenvalue weighted by molar-refractivity contribution is 0.102. The Labute approximate surface area is 156 Å². The molecule has 4 rings (SSSR count). The van der Waals surface area contributed by atoms with Crippen LogP contribution in [0.5, 0.6) is 0 Å². The Hall–Kier alpha value is -2.63. The van der Waals surface area contributed by atoms with Gasteiger partial charge in [0.25, 0.3) is 5.91 Å². The van der Waals surface area contributed by atoms with E-state index in [1.54, 1.807) is 12.3 Å². The first kappa shape index (κ1) is 16.8. The van der Waals surface area contributed by atoms with E-state index in [2.05, 4.69) is 15.2 Å². The van der Waals surface area contributed by atoms with Gasteiger partial charge in [-0.05, 0) is 24.3 Å². The maximum atomic E-state index is 12.9. The highest BCUT2D eigenvalue weighted by Gasteiger charge is 2.20. The number of anilines is 2. The summed E-state index contributed by atoms with van der Waals surface area (Å²) < 4.78 is 5.42. The van der Waals surface area contributed by atoms with Gasteiger partial charge in [-0.25, -0.2) is 0 Å². The molecule has 1 N–H and O–H groups in total. The Morgan fingerprint density at radius 3 is 2.73 bits per heavy atom. The Bertz CT molecular complexity index is 949. The number of benzene rings is 2. The summed E-state index contributed by atoms with van der Waals surface area (Å²) in [7, 11) is 0. The molecule has 5 nitrogen and oxygen atoms in total. The molecule has 0 radical (unpaired) electrons. The van der Waals surface area contributed by atoms with E-state index in [1.165, 1.54) is 0 Å². The fourth-order valence-corrected chi connectivity index (χ4v) is 3.50. The van der Waals surface area contributed by atoms with Crippen molar-refractivity contribution in [3.8, 4) is 0 Å². The second-order valence-corrected chi connectivity index (χ2v) is 6.47. The lowest BCUT2D eigenvalue weighted by Crippen LogP contribution is -2.37. The summed E-state index contributed by atoms with van der Waals surface area (Å²) in [5.41, 5.74) is 2.91. The minimum atomic E-state index is -0.180. The minimum Gasteiger partial charge on any atom is -0.378 e. The Balaban J connectivity index is 1.69. The average Bonchev–Trinajstić information content (AvgIpc) is 2.68. The van der Waals surface area contributed by atoms with Crippen LogP contribution < -0.4 is 10.2 Å². The van der Waals surface area contributed by atoms with Crippen molar-refractivity contribution in [3.05, 3.63) is 65.3 Å². The number of halogens is 1. The molecule has 1 aromatic heterocycles. The summed E-state index contributed by atoms with van der Waals surface area (Å²) in [4.78, 5) is 19.4. The van der Waals surface area contributed by atoms with Gasteiger partial charge in [0.2, 0.25) is 0 Å². The Morgan fingerprint density at radius 2 is 1.88 bits per heavy atom. The summed E-state index contributed by atoms with van der Waals surface area (Å²) in [6, 6.07) is 14.9. The first-order chi connectivity index (χ1) is 12.7. The van der Waals surface area contributed by atoms with Gasteiger partial charge in [0, 0.05) is 24.7 Å². The monoisotopic (exact) mass is 367 g/mol. The number of carbonyl (C=O) groups is 1. The van der Waals surface area contributed by atoms with Crippen LogP contribution in [0.2, 0.25) is 5.02 Å². The van der Waals surface area contributed by atoms with Crippen LogP contribution in [0, 0.1) is 0 Å². The molecule has 2 aromatic carbocycles. The van der Waals surface area contributed by atoms with E-state index in [0.29, 0.717) is 29.5 Å². The molecule has 0 atom stereocenters. The molecule has 0 saturated carbocycles. The lowest BCUT2D eigenvalue weighted by Gasteiger charge is -2.31. The van der Waals surface area contributed by atoms with Crippen molar-refractivity contribution < 1.29 is 9.53 Å². The largest absolute Gasteiger partial charge is 0.378 e. The molecule has 132 valence electrons. The number of para-hydroxylation sites is 2. The predicted molar refractivity (Wildman–Crippen MR) is 104 cm³/mol. The number of aromatic nitrogens is 1. The summed E-state index contributed by atoms with van der Waals surface area (Å²) in [6.07, 6.45) is 1.65. The summed E-state index contributed by atoms with van der Waals surface area (Å²) >= 11 is 6.44. The van der Waals surface area contributed by atoms with Gasteiger partial charge in [-0.1, -0.05) is 35.9 Å². The van der Waals surface area contributed by atoms with Crippen molar-refractivity contribution in [1.82, 2.24) is 4.98 Å². The van der Waals surface area contributed by atoms with Crippen molar-refractivity contribution in [3.63, 3.8) is 0 Å². The molecule has 1 fully saturated rings. The van der Waals surface area contributed by atoms with E-state index < -0.39 is 0 Å². The van der Waals surface area contributed by atoms with Gasteiger partial charge in [-0.2, -0.15) is 0 Å². The summed E-state index contributed by atoms with van der Waals surface area (Å²) in [6.45, 7) is 2.77. The van der Waals surface area contributed by atoms with Crippen LogP contribution in [0.1, 0.15) is 10.4 Å². The van der Waals surface area contributed by atoms with E-state index in [9.17, 15) is 4.79 Å². The Morgan fingerprint density at radius 1 is 1.08 bits per heavy atom. The number of nitrogens with zero attached hydrogens (tertiary/aromatic N) is 2. The third-order valence-corrected chi connectivity index (χ3v) is 4.76. The highest BCUT2D eigenvalue weighted by Crippen LogP contribution is 2.35. The van der Waals surface area contributed by atoms with Crippen molar-refractivity contribution in [1.29, 1.82) is 0 Å². The minimum absolute atomic E-state index is 0.180. The van der Waals surface area contributed by atoms with Crippen molar-refractivity contribution in [2.45, 2.75) is 0 Å². The topological polar surface area (TPSA) is 54.5 Å². The molecule has 1 aliphatic rings. The first-order valence-corrected chi connectivity index (χ1v) is 8.88. The molecule has 26 heavy (non-hydrogen) atoms. The fourth-order valence-electron chi connectivity index (χ4n) is 3.21. The number of nitrogens with one attached hydrogen (secondary N) is 1. The predicted octanol–water partition coefficient (Wildman–Crippen LogP) is 3.98. The van der Waals surface area contributed by atoms with E-state index in [-0.39, 0.29) is 5.91 Å². The molecule has 6 heteroatoms. The summed E-state index contributed by atoms with van der Waals surface area (Å²) in [5.74, 6) is -0.180. The molecular weight excluding hydrogens is 350 g/mol. The molecule has 1 amide bonds. The van der Waals surface area contributed by atoms with Crippen LogP contribution in [-0.4, -0.2) is 37.2 Å². The molecule has 0 spiro atoms. The standard InChI is InChI=1S/C20H18ClN3O2/c21-16-5-3-7-18(19(16)24-10-12-26-13-11-24)23-20(25)15-8-9-22-17-6-2-1-4-14(15)17/h1-9H,10-13H2,(H,23,25). The quantitative estimate of drug-likeness (QED) is 0.760. The van der Waals surface area contributed by atoms with Gasteiger partial charge in [-0.15, -0.1) is 0 Å². The molecule has 0 aliphatic carbocycles. The van der Waals surface area contributed by atoms with Gasteiger partial charge >= 0.3 is 0 Å². The molecule has 0 unspecified atom stereocenters. The van der Waals surface area contributed by atoms with Crippen LogP contribution in [-0.2, 0) is 4.74 Å². The second-order valence-electron chi connectivity index (χ2n) is 6.07. The summed E-state index contributed by atoms with van der Waals surface area (Å²) in [5, 5.41) is 4.46. The zero-order valence-corrected chi connectivity index (χ0v) is 14.9. The number of hydrogen-bond donors (Lipinski definition) is 1. The number of fused-ring (bicyclic) bond motifs is 1. The first-order valence-electron chi connectivity index (χ1n) is 8.50. The third-order valence-electron chi connectivity index (χ3n) is 4.46. The number of pyridine rings is 1. The van der Waals surface area contributed by atoms with Crippen LogP contribution >= 0.6 is 11.6 Å². The van der Waals surface area contributed by atoms with Gasteiger partial charge < -0.3 is 15.0 Å². The highest BCUT2D eigenvalue weighted by atomic mass is 35.5. The maximum absolute atomic E-state index is 12.9.